The van der Waals surface area contributed by atoms with E-state index in [1.807, 2.05) is 4.90 Å². The Balaban J connectivity index is 1.47. The van der Waals surface area contributed by atoms with Gasteiger partial charge in [-0.25, -0.2) is 0 Å². The van der Waals surface area contributed by atoms with E-state index in [1.165, 1.54) is 32.1 Å². The number of hydrogen-bond donors (Lipinski definition) is 0. The van der Waals surface area contributed by atoms with Crippen molar-refractivity contribution in [2.75, 3.05) is 19.6 Å². The molecule has 0 N–H and O–H groups in total. The largest absolute Gasteiger partial charge is 0.341 e. The summed E-state index contributed by atoms with van der Waals surface area (Å²) in [5, 5.41) is 8.89. The minimum atomic E-state index is 0.0474. The number of amides is 2. The Morgan fingerprint density at radius 3 is 2.56 bits per heavy atom. The van der Waals surface area contributed by atoms with Gasteiger partial charge in [-0.1, -0.05) is 19.3 Å². The summed E-state index contributed by atoms with van der Waals surface area (Å²) in [6, 6.07) is 0.0474. The van der Waals surface area contributed by atoms with Crippen molar-refractivity contribution in [3.63, 3.8) is 0 Å². The summed E-state index contributed by atoms with van der Waals surface area (Å²) in [7, 11) is 0. The molecule has 0 bridgehead atoms. The first-order valence-corrected chi connectivity index (χ1v) is 10.6. The highest BCUT2D eigenvalue weighted by Gasteiger charge is 2.35. The van der Waals surface area contributed by atoms with E-state index in [-0.39, 0.29) is 11.9 Å². The Labute approximate surface area is 161 Å². The first-order chi connectivity index (χ1) is 13.1. The van der Waals surface area contributed by atoms with Crippen LogP contribution in [0.4, 0.5) is 0 Å². The van der Waals surface area contributed by atoms with Gasteiger partial charge in [-0.05, 0) is 31.6 Å². The zero-order valence-corrected chi connectivity index (χ0v) is 16.4. The lowest BCUT2D eigenvalue weighted by atomic mass is 9.86. The van der Waals surface area contributed by atoms with Crippen molar-refractivity contribution in [2.45, 2.75) is 77.3 Å². The van der Waals surface area contributed by atoms with E-state index >= 15 is 0 Å². The molecule has 2 aliphatic heterocycles. The van der Waals surface area contributed by atoms with E-state index in [2.05, 4.69) is 19.7 Å². The van der Waals surface area contributed by atoms with E-state index in [0.29, 0.717) is 31.3 Å². The Morgan fingerprint density at radius 1 is 0.963 bits per heavy atom. The van der Waals surface area contributed by atoms with E-state index < -0.39 is 0 Å². The van der Waals surface area contributed by atoms with Gasteiger partial charge in [0, 0.05) is 45.9 Å². The molecule has 1 saturated carbocycles. The van der Waals surface area contributed by atoms with Gasteiger partial charge in [-0.2, -0.15) is 0 Å². The second kappa shape index (κ2) is 7.98. The molecule has 1 aromatic rings. The van der Waals surface area contributed by atoms with Crippen molar-refractivity contribution >= 4 is 11.8 Å². The monoisotopic (exact) mass is 373 g/mol. The Bertz CT molecular complexity index is 695. The van der Waals surface area contributed by atoms with Crippen molar-refractivity contribution < 1.29 is 9.59 Å². The summed E-state index contributed by atoms with van der Waals surface area (Å²) in [5.41, 5.74) is 0. The predicted octanol–water partition coefficient (Wildman–Crippen LogP) is 2.32. The molecule has 148 valence electrons. The van der Waals surface area contributed by atoms with Gasteiger partial charge < -0.3 is 14.4 Å². The molecule has 3 aliphatic rings. The first kappa shape index (κ1) is 18.4. The number of hydrogen-bond acceptors (Lipinski definition) is 4. The van der Waals surface area contributed by atoms with Crippen molar-refractivity contribution in [3.8, 4) is 0 Å². The smallest absolute Gasteiger partial charge is 0.223 e. The summed E-state index contributed by atoms with van der Waals surface area (Å²) in [6.07, 6.45) is 9.67. The average molecular weight is 374 g/mol. The standard InChI is InChI=1S/C20H31N5O2/c1-15(26)23-11-9-18-21-22-20(25(18)13-12-23)17-8-5-10-24(17)19(27)14-16-6-3-2-4-7-16/h16-17H,2-14H2,1H3/t17-/m0/s1. The van der Waals surface area contributed by atoms with Gasteiger partial charge in [0.05, 0.1) is 6.04 Å². The summed E-state index contributed by atoms with van der Waals surface area (Å²) < 4.78 is 2.17. The van der Waals surface area contributed by atoms with Gasteiger partial charge >= 0.3 is 0 Å². The number of carbonyl (C=O) groups is 2. The third kappa shape index (κ3) is 3.87. The van der Waals surface area contributed by atoms with Gasteiger partial charge in [0.25, 0.3) is 0 Å². The molecular formula is C20H31N5O2. The lowest BCUT2D eigenvalue weighted by Crippen LogP contribution is -2.34. The molecule has 2 fully saturated rings. The molecule has 1 saturated heterocycles. The molecule has 0 aromatic carbocycles. The fourth-order valence-corrected chi connectivity index (χ4v) is 5.00. The van der Waals surface area contributed by atoms with Crippen LogP contribution in [0.15, 0.2) is 0 Å². The molecule has 0 unspecified atom stereocenters. The van der Waals surface area contributed by atoms with Crippen LogP contribution in [-0.2, 0) is 22.6 Å². The van der Waals surface area contributed by atoms with Crippen LogP contribution in [0.2, 0.25) is 0 Å². The zero-order valence-electron chi connectivity index (χ0n) is 16.4. The molecule has 2 amide bonds. The van der Waals surface area contributed by atoms with Gasteiger partial charge in [0.2, 0.25) is 11.8 Å². The normalized spacial score (nSPS) is 24.0. The minimum Gasteiger partial charge on any atom is -0.341 e. The van der Waals surface area contributed by atoms with E-state index in [0.717, 1.165) is 44.0 Å². The highest BCUT2D eigenvalue weighted by molar-refractivity contribution is 5.77. The minimum absolute atomic E-state index is 0.0474. The SMILES string of the molecule is CC(=O)N1CCc2nnc([C@@H]3CCCN3C(=O)CC3CCCCC3)n2CC1. The number of rotatable bonds is 3. The van der Waals surface area contributed by atoms with Crippen molar-refractivity contribution in [1.82, 2.24) is 24.6 Å². The lowest BCUT2D eigenvalue weighted by molar-refractivity contribution is -0.133. The molecule has 27 heavy (non-hydrogen) atoms. The van der Waals surface area contributed by atoms with Crippen molar-refractivity contribution in [2.24, 2.45) is 5.92 Å². The molecule has 7 nitrogen and oxygen atoms in total. The van der Waals surface area contributed by atoms with Gasteiger partial charge in [0.1, 0.15) is 5.82 Å². The second-order valence-corrected chi connectivity index (χ2v) is 8.34. The highest BCUT2D eigenvalue weighted by atomic mass is 16.2. The maximum atomic E-state index is 13.0. The molecule has 1 atom stereocenters. The third-order valence-electron chi connectivity index (χ3n) is 6.56. The molecule has 0 spiro atoms. The van der Waals surface area contributed by atoms with Crippen LogP contribution >= 0.6 is 0 Å². The summed E-state index contributed by atoms with van der Waals surface area (Å²) >= 11 is 0. The maximum absolute atomic E-state index is 13.0. The van der Waals surface area contributed by atoms with Crippen molar-refractivity contribution in [1.29, 1.82) is 0 Å². The van der Waals surface area contributed by atoms with Crippen LogP contribution in [0, 0.1) is 5.92 Å². The highest BCUT2D eigenvalue weighted by Crippen LogP contribution is 2.34. The number of nitrogens with zero attached hydrogens (tertiary/aromatic N) is 5. The first-order valence-electron chi connectivity index (χ1n) is 10.6. The van der Waals surface area contributed by atoms with Crippen LogP contribution in [0.5, 0.6) is 0 Å². The lowest BCUT2D eigenvalue weighted by Gasteiger charge is -2.28. The van der Waals surface area contributed by atoms with Gasteiger partial charge in [0.15, 0.2) is 5.82 Å². The van der Waals surface area contributed by atoms with Gasteiger partial charge in [-0.3, -0.25) is 9.59 Å². The van der Waals surface area contributed by atoms with E-state index in [9.17, 15) is 9.59 Å². The summed E-state index contributed by atoms with van der Waals surface area (Å²) in [6.45, 7) is 4.56. The van der Waals surface area contributed by atoms with Crippen LogP contribution in [0.25, 0.3) is 0 Å². The van der Waals surface area contributed by atoms with E-state index in [1.54, 1.807) is 6.92 Å². The topological polar surface area (TPSA) is 71.3 Å². The molecule has 7 heteroatoms. The molecule has 3 heterocycles. The summed E-state index contributed by atoms with van der Waals surface area (Å²) in [4.78, 5) is 28.7. The van der Waals surface area contributed by atoms with Crippen LogP contribution in [0.1, 0.15) is 76.0 Å². The fourth-order valence-electron chi connectivity index (χ4n) is 5.00. The molecular weight excluding hydrogens is 342 g/mol. The second-order valence-electron chi connectivity index (χ2n) is 8.34. The molecule has 4 rings (SSSR count). The van der Waals surface area contributed by atoms with Crippen LogP contribution in [-0.4, -0.2) is 56.0 Å². The predicted molar refractivity (Wildman–Crippen MR) is 101 cm³/mol. The van der Waals surface area contributed by atoms with E-state index in [4.69, 9.17) is 0 Å². The Kier molecular flexibility index (Phi) is 5.45. The number of likely N-dealkylation sites (tertiary alicyclic amines) is 1. The Hall–Kier alpha value is -1.92. The maximum Gasteiger partial charge on any atom is 0.223 e. The molecule has 1 aliphatic carbocycles. The van der Waals surface area contributed by atoms with Crippen molar-refractivity contribution in [3.05, 3.63) is 11.6 Å². The average Bonchev–Trinajstić information content (AvgIpc) is 3.24. The molecule has 0 radical (unpaired) electrons. The van der Waals surface area contributed by atoms with Crippen LogP contribution < -0.4 is 0 Å². The summed E-state index contributed by atoms with van der Waals surface area (Å²) in [5.74, 6) is 2.83. The Morgan fingerprint density at radius 2 is 1.78 bits per heavy atom. The molecule has 1 aromatic heterocycles. The zero-order chi connectivity index (χ0) is 18.8. The third-order valence-corrected chi connectivity index (χ3v) is 6.56. The number of fused-ring (bicyclic) bond motifs is 1. The quantitative estimate of drug-likeness (QED) is 0.815. The fraction of sp³-hybridized carbons (Fsp3) is 0.800. The number of carbonyl (C=O) groups excluding carboxylic acids is 2. The van der Waals surface area contributed by atoms with Crippen LogP contribution in [0.3, 0.4) is 0 Å². The van der Waals surface area contributed by atoms with Gasteiger partial charge in [-0.15, -0.1) is 10.2 Å². The number of aromatic nitrogens is 3.